The monoisotopic (exact) mass is 312 g/mol. The van der Waals surface area contributed by atoms with Crippen LogP contribution in [0, 0.1) is 11.3 Å². The highest BCUT2D eigenvalue weighted by atomic mass is 35.5. The maximum atomic E-state index is 11.7. The van der Waals surface area contributed by atoms with Crippen molar-refractivity contribution in [2.24, 2.45) is 0 Å². The fourth-order valence-electron chi connectivity index (χ4n) is 2.03. The Morgan fingerprint density at radius 1 is 1.47 bits per heavy atom. The maximum Gasteiger partial charge on any atom is 0.225 e. The molecule has 0 radical (unpaired) electrons. The van der Waals surface area contributed by atoms with Crippen molar-refractivity contribution in [3.05, 3.63) is 44.4 Å². The van der Waals surface area contributed by atoms with Crippen molar-refractivity contribution in [3.8, 4) is 6.07 Å². The molecule has 0 saturated heterocycles. The minimum atomic E-state index is -0.314. The Hall–Kier alpha value is -1.15. The zero-order valence-electron chi connectivity index (χ0n) is 10.0. The molecule has 1 aliphatic rings. The maximum absolute atomic E-state index is 11.7. The molecule has 0 aromatic heterocycles. The zero-order valence-corrected chi connectivity index (χ0v) is 12.4. The summed E-state index contributed by atoms with van der Waals surface area (Å²) in [7, 11) is 0. The van der Waals surface area contributed by atoms with Gasteiger partial charge in [-0.3, -0.25) is 4.79 Å². The molecule has 2 rings (SSSR count). The van der Waals surface area contributed by atoms with Gasteiger partial charge in [0, 0.05) is 22.4 Å². The molecule has 1 aromatic rings. The van der Waals surface area contributed by atoms with E-state index in [9.17, 15) is 10.1 Å². The average molecular weight is 313 g/mol. The Morgan fingerprint density at radius 3 is 2.79 bits per heavy atom. The number of halogens is 2. The van der Waals surface area contributed by atoms with Gasteiger partial charge in [-0.1, -0.05) is 29.3 Å². The number of carbonyl (C=O) groups excluding carboxylic acids is 1. The van der Waals surface area contributed by atoms with E-state index >= 15 is 0 Å². The molecule has 19 heavy (non-hydrogen) atoms. The second-order valence-corrected chi connectivity index (χ2v) is 5.69. The van der Waals surface area contributed by atoms with Crippen LogP contribution in [0.5, 0.6) is 0 Å². The van der Waals surface area contributed by atoms with Gasteiger partial charge in [-0.05, 0) is 24.0 Å². The van der Waals surface area contributed by atoms with Crippen LogP contribution in [0.2, 0.25) is 10.0 Å². The van der Waals surface area contributed by atoms with Crippen LogP contribution < -0.4 is 5.32 Å². The molecule has 0 aliphatic carbocycles. The third-order valence-corrected chi connectivity index (χ3v) is 4.19. The third-order valence-electron chi connectivity index (χ3n) is 2.90. The van der Waals surface area contributed by atoms with Crippen LogP contribution in [-0.4, -0.2) is 12.2 Å². The number of benzene rings is 1. The van der Waals surface area contributed by atoms with Gasteiger partial charge in [-0.25, -0.2) is 0 Å². The summed E-state index contributed by atoms with van der Waals surface area (Å²) >= 11 is 13.4. The Morgan fingerprint density at radius 2 is 2.21 bits per heavy atom. The van der Waals surface area contributed by atoms with Crippen molar-refractivity contribution in [1.29, 1.82) is 5.26 Å². The fraction of sp³-hybridized carbons (Fsp3) is 0.231. The molecule has 1 N–H and O–H groups in total. The molecule has 1 unspecified atom stereocenters. The third kappa shape index (κ3) is 2.89. The van der Waals surface area contributed by atoms with Gasteiger partial charge in [0.05, 0.1) is 16.7 Å². The van der Waals surface area contributed by atoms with Crippen molar-refractivity contribution in [2.75, 3.05) is 6.26 Å². The lowest BCUT2D eigenvalue weighted by Gasteiger charge is -2.25. The van der Waals surface area contributed by atoms with Crippen molar-refractivity contribution in [2.45, 2.75) is 12.3 Å². The molecule has 1 atom stereocenters. The summed E-state index contributed by atoms with van der Waals surface area (Å²) in [6, 6.07) is 7.27. The summed E-state index contributed by atoms with van der Waals surface area (Å²) in [5, 5.41) is 13.6. The highest BCUT2D eigenvalue weighted by Crippen LogP contribution is 2.38. The van der Waals surface area contributed by atoms with Gasteiger partial charge in [-0.2, -0.15) is 5.26 Å². The molecule has 1 heterocycles. The highest BCUT2D eigenvalue weighted by molar-refractivity contribution is 8.02. The summed E-state index contributed by atoms with van der Waals surface area (Å²) in [5.74, 6) is -0.426. The van der Waals surface area contributed by atoms with E-state index < -0.39 is 0 Å². The van der Waals surface area contributed by atoms with Crippen LogP contribution in [0.25, 0.3) is 0 Å². The van der Waals surface area contributed by atoms with E-state index in [4.69, 9.17) is 23.2 Å². The molecule has 6 heteroatoms. The number of amides is 1. The summed E-state index contributed by atoms with van der Waals surface area (Å²) in [6.07, 6.45) is 2.03. The lowest BCUT2D eigenvalue weighted by molar-refractivity contribution is -0.120. The largest absolute Gasteiger partial charge is 0.320 e. The van der Waals surface area contributed by atoms with Crippen molar-refractivity contribution >= 4 is 40.9 Å². The van der Waals surface area contributed by atoms with Crippen molar-refractivity contribution in [3.63, 3.8) is 0 Å². The number of thioether (sulfide) groups is 1. The van der Waals surface area contributed by atoms with E-state index in [-0.39, 0.29) is 18.2 Å². The van der Waals surface area contributed by atoms with Gasteiger partial charge < -0.3 is 5.32 Å². The number of rotatable bonds is 2. The number of carbonyl (C=O) groups is 1. The van der Waals surface area contributed by atoms with Crippen LogP contribution >= 0.6 is 35.0 Å². The van der Waals surface area contributed by atoms with E-state index in [0.29, 0.717) is 20.6 Å². The summed E-state index contributed by atoms with van der Waals surface area (Å²) in [4.78, 5) is 11.7. The average Bonchev–Trinajstić information content (AvgIpc) is 2.37. The first-order valence-corrected chi connectivity index (χ1v) is 7.48. The molecule has 1 amide bonds. The molecule has 0 saturated carbocycles. The van der Waals surface area contributed by atoms with Crippen molar-refractivity contribution < 1.29 is 4.79 Å². The highest BCUT2D eigenvalue weighted by Gasteiger charge is 2.30. The first-order valence-electron chi connectivity index (χ1n) is 5.50. The van der Waals surface area contributed by atoms with Gasteiger partial charge in [-0.15, -0.1) is 11.8 Å². The Labute approximate surface area is 125 Å². The van der Waals surface area contributed by atoms with Gasteiger partial charge in [0.15, 0.2) is 0 Å². The number of allylic oxidation sites excluding steroid dienone is 1. The number of nitrogens with one attached hydrogen (secondary N) is 1. The van der Waals surface area contributed by atoms with Crippen LogP contribution in [0.3, 0.4) is 0 Å². The van der Waals surface area contributed by atoms with Crippen LogP contribution in [0.4, 0.5) is 0 Å². The van der Waals surface area contributed by atoms with Gasteiger partial charge in [0.25, 0.3) is 0 Å². The molecule has 0 bridgehead atoms. The van der Waals surface area contributed by atoms with E-state index in [0.717, 1.165) is 5.56 Å². The second kappa shape index (κ2) is 5.87. The standard InChI is InChI=1S/C13H10Cl2N2OS/c1-19-13-10(6-16)9(5-12(18)17-13)8-3-2-7(14)4-11(8)15/h2-4,9H,5H2,1H3,(H,17,18). The molecule has 1 aliphatic heterocycles. The van der Waals surface area contributed by atoms with E-state index in [1.165, 1.54) is 11.8 Å². The van der Waals surface area contributed by atoms with Crippen LogP contribution in [-0.2, 0) is 4.79 Å². The first kappa shape index (κ1) is 14.3. The summed E-state index contributed by atoms with van der Waals surface area (Å²) in [5.41, 5.74) is 1.29. The molecular weight excluding hydrogens is 303 g/mol. The summed E-state index contributed by atoms with van der Waals surface area (Å²) in [6.45, 7) is 0. The number of nitriles is 1. The normalized spacial score (nSPS) is 19.1. The molecule has 1 aromatic carbocycles. The number of hydrogen-bond acceptors (Lipinski definition) is 3. The summed E-state index contributed by atoms with van der Waals surface area (Å²) < 4.78 is 0. The van der Waals surface area contributed by atoms with Gasteiger partial charge >= 0.3 is 0 Å². The lowest BCUT2D eigenvalue weighted by atomic mass is 9.87. The molecular formula is C13H10Cl2N2OS. The quantitative estimate of drug-likeness (QED) is 0.906. The molecule has 98 valence electrons. The lowest BCUT2D eigenvalue weighted by Crippen LogP contribution is -2.30. The predicted molar refractivity (Wildman–Crippen MR) is 78.1 cm³/mol. The SMILES string of the molecule is CSC1=C(C#N)C(c2ccc(Cl)cc2Cl)CC(=O)N1. The second-order valence-electron chi connectivity index (χ2n) is 4.03. The minimum Gasteiger partial charge on any atom is -0.320 e. The zero-order chi connectivity index (χ0) is 14.0. The Bertz CT molecular complexity index is 607. The molecule has 3 nitrogen and oxygen atoms in total. The van der Waals surface area contributed by atoms with Crippen LogP contribution in [0.1, 0.15) is 17.9 Å². The predicted octanol–water partition coefficient (Wildman–Crippen LogP) is 3.70. The topological polar surface area (TPSA) is 52.9 Å². The number of nitrogens with zero attached hydrogens (tertiary/aromatic N) is 1. The van der Waals surface area contributed by atoms with Crippen LogP contribution in [0.15, 0.2) is 28.8 Å². The van der Waals surface area contributed by atoms with E-state index in [2.05, 4.69) is 11.4 Å². The van der Waals surface area contributed by atoms with E-state index in [1.807, 2.05) is 6.26 Å². The fourth-order valence-corrected chi connectivity index (χ4v) is 3.19. The Kier molecular flexibility index (Phi) is 4.41. The Balaban J connectivity index is 2.53. The molecule has 0 fully saturated rings. The minimum absolute atomic E-state index is 0.112. The smallest absolute Gasteiger partial charge is 0.225 e. The van der Waals surface area contributed by atoms with Gasteiger partial charge in [0.1, 0.15) is 0 Å². The van der Waals surface area contributed by atoms with Gasteiger partial charge in [0.2, 0.25) is 5.91 Å². The first-order chi connectivity index (χ1) is 9.06. The van der Waals surface area contributed by atoms with E-state index in [1.54, 1.807) is 18.2 Å². The van der Waals surface area contributed by atoms with Crippen molar-refractivity contribution in [1.82, 2.24) is 5.32 Å². The molecule has 0 spiro atoms. The number of hydrogen-bond donors (Lipinski definition) is 1.